The van der Waals surface area contributed by atoms with E-state index < -0.39 is 10.8 Å². The van der Waals surface area contributed by atoms with Crippen LogP contribution in [0.25, 0.3) is 0 Å². The van der Waals surface area contributed by atoms with Crippen LogP contribution < -0.4 is 5.32 Å². The van der Waals surface area contributed by atoms with E-state index in [1.165, 1.54) is 10.7 Å². The molecule has 10 heteroatoms. The van der Waals surface area contributed by atoms with Gasteiger partial charge in [-0.2, -0.15) is 9.67 Å². The van der Waals surface area contributed by atoms with Gasteiger partial charge in [-0.05, 0) is 17.4 Å². The number of carbonyl (C=O) groups excluding carboxylic acids is 1. The van der Waals surface area contributed by atoms with Crippen LogP contribution in [-0.4, -0.2) is 30.8 Å². The Hall–Kier alpha value is -3.56. The molecule has 0 aliphatic rings. The van der Waals surface area contributed by atoms with Crippen molar-refractivity contribution in [3.63, 3.8) is 0 Å². The zero-order valence-electron chi connectivity index (χ0n) is 13.2. The maximum absolute atomic E-state index is 12.0. The fourth-order valence-corrected chi connectivity index (χ4v) is 2.14. The van der Waals surface area contributed by atoms with E-state index in [0.717, 1.165) is 5.56 Å². The number of amides is 1. The van der Waals surface area contributed by atoms with Crippen molar-refractivity contribution in [1.82, 2.24) is 25.2 Å². The summed E-state index contributed by atoms with van der Waals surface area (Å²) in [4.78, 5) is 26.2. The van der Waals surface area contributed by atoms with Gasteiger partial charge < -0.3 is 20.0 Å². The van der Waals surface area contributed by atoms with E-state index in [4.69, 9.17) is 4.52 Å². The van der Waals surface area contributed by atoms with E-state index in [1.54, 1.807) is 6.92 Å². The van der Waals surface area contributed by atoms with E-state index in [0.29, 0.717) is 12.2 Å². The Bertz CT molecular complexity index is 902. The van der Waals surface area contributed by atoms with Crippen LogP contribution in [0.15, 0.2) is 40.9 Å². The maximum atomic E-state index is 12.0. The van der Waals surface area contributed by atoms with Crippen LogP contribution in [0.2, 0.25) is 0 Å². The number of hydrogen-bond acceptors (Lipinski definition) is 7. The SMILES string of the molecule is Cc1cc([N+](=O)[O-])nn1Cc1noc(C(=O)NCc2ccccc2)n1. The summed E-state index contributed by atoms with van der Waals surface area (Å²) in [6.07, 6.45) is 0. The zero-order chi connectivity index (χ0) is 17.8. The first kappa shape index (κ1) is 16.3. The molecule has 3 rings (SSSR count). The average molecular weight is 342 g/mol. The standard InChI is InChI=1S/C15H14N6O4/c1-10-7-13(21(23)24)18-20(10)9-12-17-15(25-19-12)14(22)16-8-11-5-3-2-4-6-11/h2-7H,8-9H2,1H3,(H,16,22). The van der Waals surface area contributed by atoms with Gasteiger partial charge in [-0.3, -0.25) is 4.79 Å². The summed E-state index contributed by atoms with van der Waals surface area (Å²) in [5, 5.41) is 20.9. The number of nitro groups is 1. The minimum Gasteiger partial charge on any atom is -0.358 e. The third kappa shape index (κ3) is 3.86. The molecule has 0 saturated heterocycles. The molecule has 1 amide bonds. The number of hydrogen-bond donors (Lipinski definition) is 1. The van der Waals surface area contributed by atoms with Crippen LogP contribution in [0.1, 0.15) is 27.8 Å². The number of aryl methyl sites for hydroxylation is 1. The van der Waals surface area contributed by atoms with E-state index in [-0.39, 0.29) is 24.1 Å². The third-order valence-electron chi connectivity index (χ3n) is 3.40. The Morgan fingerprint density at radius 2 is 2.12 bits per heavy atom. The molecule has 2 aromatic heterocycles. The molecule has 2 heterocycles. The van der Waals surface area contributed by atoms with Crippen molar-refractivity contribution >= 4 is 11.7 Å². The maximum Gasteiger partial charge on any atom is 0.390 e. The third-order valence-corrected chi connectivity index (χ3v) is 3.40. The van der Waals surface area contributed by atoms with Gasteiger partial charge in [0.1, 0.15) is 6.54 Å². The first-order valence-electron chi connectivity index (χ1n) is 7.36. The van der Waals surface area contributed by atoms with Crippen molar-refractivity contribution < 1.29 is 14.2 Å². The molecule has 1 N–H and O–H groups in total. The summed E-state index contributed by atoms with van der Waals surface area (Å²) < 4.78 is 6.30. The summed E-state index contributed by atoms with van der Waals surface area (Å²) in [6, 6.07) is 10.7. The van der Waals surface area contributed by atoms with Crippen LogP contribution in [0, 0.1) is 17.0 Å². The molecule has 0 radical (unpaired) electrons. The molecule has 3 aromatic rings. The lowest BCUT2D eigenvalue weighted by Crippen LogP contribution is -2.23. The molecular weight excluding hydrogens is 328 g/mol. The first-order valence-corrected chi connectivity index (χ1v) is 7.36. The predicted molar refractivity (Wildman–Crippen MR) is 84.6 cm³/mol. The predicted octanol–water partition coefficient (Wildman–Crippen LogP) is 1.46. The van der Waals surface area contributed by atoms with Crippen molar-refractivity contribution in [2.75, 3.05) is 0 Å². The molecule has 25 heavy (non-hydrogen) atoms. The smallest absolute Gasteiger partial charge is 0.358 e. The number of rotatable bonds is 6. The lowest BCUT2D eigenvalue weighted by atomic mass is 10.2. The Morgan fingerprint density at radius 3 is 2.80 bits per heavy atom. The molecule has 0 aliphatic heterocycles. The second-order valence-corrected chi connectivity index (χ2v) is 5.24. The van der Waals surface area contributed by atoms with Gasteiger partial charge in [0.05, 0.1) is 16.9 Å². The molecule has 0 saturated carbocycles. The number of aromatic nitrogens is 4. The Labute approximate surface area is 141 Å². The highest BCUT2D eigenvalue weighted by atomic mass is 16.6. The molecule has 10 nitrogen and oxygen atoms in total. The molecule has 0 unspecified atom stereocenters. The summed E-state index contributed by atoms with van der Waals surface area (Å²) in [7, 11) is 0. The minimum atomic E-state index is -0.581. The van der Waals surface area contributed by atoms with Crippen LogP contribution in [-0.2, 0) is 13.1 Å². The summed E-state index contributed by atoms with van der Waals surface area (Å²) in [6.45, 7) is 2.07. The first-order chi connectivity index (χ1) is 12.0. The molecule has 0 spiro atoms. The number of nitrogens with one attached hydrogen (secondary N) is 1. The second-order valence-electron chi connectivity index (χ2n) is 5.24. The summed E-state index contributed by atoms with van der Waals surface area (Å²) >= 11 is 0. The van der Waals surface area contributed by atoms with Crippen LogP contribution >= 0.6 is 0 Å². The van der Waals surface area contributed by atoms with Crippen molar-refractivity contribution in [3.05, 3.63) is 69.5 Å². The highest BCUT2D eigenvalue weighted by molar-refractivity contribution is 5.89. The normalized spacial score (nSPS) is 10.6. The number of carbonyl (C=O) groups is 1. The van der Waals surface area contributed by atoms with E-state index in [1.807, 2.05) is 30.3 Å². The molecule has 1 aromatic carbocycles. The van der Waals surface area contributed by atoms with Gasteiger partial charge in [-0.1, -0.05) is 35.5 Å². The van der Waals surface area contributed by atoms with Crippen molar-refractivity contribution in [3.8, 4) is 0 Å². The summed E-state index contributed by atoms with van der Waals surface area (Å²) in [5.74, 6) is -0.733. The van der Waals surface area contributed by atoms with Gasteiger partial charge in [-0.25, -0.2) is 0 Å². The van der Waals surface area contributed by atoms with Gasteiger partial charge in [0.25, 0.3) is 0 Å². The van der Waals surface area contributed by atoms with E-state index >= 15 is 0 Å². The molecular formula is C15H14N6O4. The van der Waals surface area contributed by atoms with Crippen LogP contribution in [0.5, 0.6) is 0 Å². The summed E-state index contributed by atoms with van der Waals surface area (Å²) in [5.41, 5.74) is 1.52. The fraction of sp³-hybridized carbons (Fsp3) is 0.200. The van der Waals surface area contributed by atoms with Gasteiger partial charge >= 0.3 is 17.6 Å². The molecule has 0 atom stereocenters. The Balaban J connectivity index is 1.64. The van der Waals surface area contributed by atoms with Crippen molar-refractivity contribution in [1.29, 1.82) is 0 Å². The van der Waals surface area contributed by atoms with Crippen molar-refractivity contribution in [2.24, 2.45) is 0 Å². The fourth-order valence-electron chi connectivity index (χ4n) is 2.14. The lowest BCUT2D eigenvalue weighted by Gasteiger charge is -2.01. The topological polar surface area (TPSA) is 129 Å². The number of nitrogens with zero attached hydrogens (tertiary/aromatic N) is 5. The highest BCUT2D eigenvalue weighted by Crippen LogP contribution is 2.12. The quantitative estimate of drug-likeness (QED) is 0.530. The van der Waals surface area contributed by atoms with Gasteiger partial charge in [-0.15, -0.1) is 0 Å². The van der Waals surface area contributed by atoms with E-state index in [9.17, 15) is 14.9 Å². The van der Waals surface area contributed by atoms with Crippen molar-refractivity contribution in [2.45, 2.75) is 20.0 Å². The van der Waals surface area contributed by atoms with Gasteiger partial charge in [0, 0.05) is 6.54 Å². The highest BCUT2D eigenvalue weighted by Gasteiger charge is 2.19. The molecule has 0 fully saturated rings. The molecule has 0 aliphatic carbocycles. The number of benzene rings is 1. The largest absolute Gasteiger partial charge is 0.390 e. The lowest BCUT2D eigenvalue weighted by molar-refractivity contribution is -0.389. The van der Waals surface area contributed by atoms with E-state index in [2.05, 4.69) is 20.6 Å². The monoisotopic (exact) mass is 342 g/mol. The molecule has 128 valence electrons. The second kappa shape index (κ2) is 6.91. The van der Waals surface area contributed by atoms with Gasteiger partial charge in [0.2, 0.25) is 0 Å². The van der Waals surface area contributed by atoms with Crippen LogP contribution in [0.4, 0.5) is 5.82 Å². The van der Waals surface area contributed by atoms with Gasteiger partial charge in [0.15, 0.2) is 5.82 Å². The average Bonchev–Trinajstić information content (AvgIpc) is 3.21. The molecule has 0 bridgehead atoms. The minimum absolute atomic E-state index is 0.0646. The van der Waals surface area contributed by atoms with Crippen LogP contribution in [0.3, 0.4) is 0 Å². The Kier molecular flexibility index (Phi) is 4.50. The Morgan fingerprint density at radius 1 is 1.36 bits per heavy atom. The zero-order valence-corrected chi connectivity index (χ0v) is 13.2.